The van der Waals surface area contributed by atoms with E-state index in [1.54, 1.807) is 6.92 Å². The smallest absolute Gasteiger partial charge is 0.156 e. The Kier molecular flexibility index (Phi) is 4.12. The standard InChI is InChI=1S/C14H19OP/c1-12(15)16(13-8-4-2-5-9-13)14-10-6-3-7-11-14/h2,4-5,8-9,14H,3,6-7,10-11H2,1H3. The Morgan fingerprint density at radius 1 is 1.12 bits per heavy atom. The summed E-state index contributed by atoms with van der Waals surface area (Å²) < 4.78 is 0. The zero-order chi connectivity index (χ0) is 11.4. The van der Waals surface area contributed by atoms with Gasteiger partial charge in [0.25, 0.3) is 0 Å². The highest BCUT2D eigenvalue weighted by Crippen LogP contribution is 2.47. The highest BCUT2D eigenvalue weighted by Gasteiger charge is 2.27. The highest BCUT2D eigenvalue weighted by molar-refractivity contribution is 7.81. The Balaban J connectivity index is 2.20. The van der Waals surface area contributed by atoms with Gasteiger partial charge < -0.3 is 0 Å². The van der Waals surface area contributed by atoms with Gasteiger partial charge in [-0.3, -0.25) is 4.79 Å². The second-order valence-corrected chi connectivity index (χ2v) is 7.13. The Morgan fingerprint density at radius 3 is 2.31 bits per heavy atom. The van der Waals surface area contributed by atoms with Crippen LogP contribution in [-0.2, 0) is 4.79 Å². The van der Waals surface area contributed by atoms with Crippen molar-refractivity contribution in [3.05, 3.63) is 30.3 Å². The minimum atomic E-state index is -0.572. The van der Waals surface area contributed by atoms with E-state index in [9.17, 15) is 4.79 Å². The Hall–Kier alpha value is -0.680. The zero-order valence-electron chi connectivity index (χ0n) is 9.86. The van der Waals surface area contributed by atoms with Crippen LogP contribution in [0.3, 0.4) is 0 Å². The fourth-order valence-corrected chi connectivity index (χ4v) is 5.25. The quantitative estimate of drug-likeness (QED) is 0.729. The highest BCUT2D eigenvalue weighted by atomic mass is 31.1. The van der Waals surface area contributed by atoms with E-state index in [2.05, 4.69) is 24.3 Å². The van der Waals surface area contributed by atoms with E-state index in [-0.39, 0.29) is 0 Å². The molecular formula is C14H19OP. The second kappa shape index (κ2) is 5.59. The first-order chi connectivity index (χ1) is 7.79. The van der Waals surface area contributed by atoms with E-state index >= 15 is 0 Å². The molecule has 2 heteroatoms. The predicted molar refractivity (Wildman–Crippen MR) is 70.6 cm³/mol. The lowest BCUT2D eigenvalue weighted by atomic mass is 10.0. The average molecular weight is 234 g/mol. The fourth-order valence-electron chi connectivity index (χ4n) is 2.58. The van der Waals surface area contributed by atoms with Crippen LogP contribution in [0.15, 0.2) is 30.3 Å². The lowest BCUT2D eigenvalue weighted by molar-refractivity contribution is -0.109. The van der Waals surface area contributed by atoms with Crippen molar-refractivity contribution < 1.29 is 4.79 Å². The van der Waals surface area contributed by atoms with Crippen LogP contribution in [0.2, 0.25) is 0 Å². The third-order valence-corrected chi connectivity index (χ3v) is 6.09. The first-order valence-electron chi connectivity index (χ1n) is 6.14. The molecule has 1 unspecified atom stereocenters. The molecule has 0 aliphatic heterocycles. The van der Waals surface area contributed by atoms with Crippen molar-refractivity contribution in [1.82, 2.24) is 0 Å². The molecule has 0 amide bonds. The maximum atomic E-state index is 11.9. The molecule has 1 aliphatic rings. The summed E-state index contributed by atoms with van der Waals surface area (Å²) in [5, 5.41) is 1.27. The molecule has 0 heterocycles. The summed E-state index contributed by atoms with van der Waals surface area (Å²) in [4.78, 5) is 11.9. The van der Waals surface area contributed by atoms with Gasteiger partial charge in [-0.2, -0.15) is 0 Å². The number of rotatable bonds is 3. The van der Waals surface area contributed by atoms with Crippen LogP contribution in [0.25, 0.3) is 0 Å². The minimum absolute atomic E-state index is 0.396. The van der Waals surface area contributed by atoms with Crippen molar-refractivity contribution in [1.29, 1.82) is 0 Å². The number of carbonyl (C=O) groups is 1. The summed E-state index contributed by atoms with van der Waals surface area (Å²) in [6, 6.07) is 10.4. The van der Waals surface area contributed by atoms with Gasteiger partial charge in [-0.1, -0.05) is 49.6 Å². The maximum absolute atomic E-state index is 11.9. The molecule has 86 valence electrons. The summed E-state index contributed by atoms with van der Waals surface area (Å²) >= 11 is 0. The Bertz CT molecular complexity index is 341. The fraction of sp³-hybridized carbons (Fsp3) is 0.500. The number of hydrogen-bond acceptors (Lipinski definition) is 1. The van der Waals surface area contributed by atoms with Gasteiger partial charge in [0.2, 0.25) is 0 Å². The van der Waals surface area contributed by atoms with Crippen molar-refractivity contribution in [2.45, 2.75) is 44.7 Å². The maximum Gasteiger partial charge on any atom is 0.156 e. The first kappa shape index (κ1) is 11.8. The zero-order valence-corrected chi connectivity index (χ0v) is 10.7. The third kappa shape index (κ3) is 2.71. The molecule has 0 N–H and O–H groups in total. The molecule has 0 aromatic heterocycles. The predicted octanol–water partition coefficient (Wildman–Crippen LogP) is 3.67. The molecule has 0 spiro atoms. The molecule has 1 nitrogen and oxygen atoms in total. The van der Waals surface area contributed by atoms with Gasteiger partial charge in [0.15, 0.2) is 5.52 Å². The molecule has 16 heavy (non-hydrogen) atoms. The molecule has 0 bridgehead atoms. The van der Waals surface area contributed by atoms with Crippen molar-refractivity contribution in [3.63, 3.8) is 0 Å². The first-order valence-corrected chi connectivity index (χ1v) is 7.55. The molecule has 0 saturated heterocycles. The van der Waals surface area contributed by atoms with Gasteiger partial charge in [0, 0.05) is 0 Å². The molecule has 1 aromatic carbocycles. The molecule has 1 atom stereocenters. The van der Waals surface area contributed by atoms with Gasteiger partial charge in [-0.15, -0.1) is 0 Å². The lowest BCUT2D eigenvalue weighted by Crippen LogP contribution is -2.20. The van der Waals surface area contributed by atoms with Crippen molar-refractivity contribution in [3.8, 4) is 0 Å². The van der Waals surface area contributed by atoms with Crippen LogP contribution < -0.4 is 5.30 Å². The molecule has 0 radical (unpaired) electrons. The molecule has 1 aliphatic carbocycles. The topological polar surface area (TPSA) is 17.1 Å². The lowest BCUT2D eigenvalue weighted by Gasteiger charge is -2.29. The van der Waals surface area contributed by atoms with E-state index in [0.29, 0.717) is 11.2 Å². The van der Waals surface area contributed by atoms with Crippen LogP contribution in [0, 0.1) is 0 Å². The van der Waals surface area contributed by atoms with Gasteiger partial charge >= 0.3 is 0 Å². The minimum Gasteiger partial charge on any atom is -0.295 e. The number of carbonyl (C=O) groups excluding carboxylic acids is 1. The van der Waals surface area contributed by atoms with Crippen LogP contribution in [0.5, 0.6) is 0 Å². The second-order valence-electron chi connectivity index (χ2n) is 4.52. The van der Waals surface area contributed by atoms with Gasteiger partial charge in [-0.25, -0.2) is 0 Å². The van der Waals surface area contributed by atoms with E-state index in [1.807, 2.05) is 6.07 Å². The number of benzene rings is 1. The van der Waals surface area contributed by atoms with Gasteiger partial charge in [0.05, 0.1) is 0 Å². The Labute approximate surface area is 99.0 Å². The van der Waals surface area contributed by atoms with E-state index in [4.69, 9.17) is 0 Å². The normalized spacial score (nSPS) is 19.3. The van der Waals surface area contributed by atoms with Crippen LogP contribution in [-0.4, -0.2) is 11.2 Å². The monoisotopic (exact) mass is 234 g/mol. The van der Waals surface area contributed by atoms with Gasteiger partial charge in [0.1, 0.15) is 0 Å². The summed E-state index contributed by atoms with van der Waals surface area (Å²) in [6.45, 7) is 1.77. The van der Waals surface area contributed by atoms with Gasteiger partial charge in [-0.05, 0) is 38.7 Å². The van der Waals surface area contributed by atoms with Crippen LogP contribution in [0.1, 0.15) is 39.0 Å². The van der Waals surface area contributed by atoms with E-state index < -0.39 is 7.92 Å². The summed E-state index contributed by atoms with van der Waals surface area (Å²) in [7, 11) is -0.572. The molecule has 1 aromatic rings. The SMILES string of the molecule is CC(=O)P(c1ccccc1)C1CCCCC1. The Morgan fingerprint density at radius 2 is 1.75 bits per heavy atom. The largest absolute Gasteiger partial charge is 0.295 e. The summed E-state index contributed by atoms with van der Waals surface area (Å²) in [5.41, 5.74) is 1.04. The molecular weight excluding hydrogens is 215 g/mol. The summed E-state index contributed by atoms with van der Waals surface area (Å²) in [5.74, 6) is 0. The van der Waals surface area contributed by atoms with E-state index in [0.717, 1.165) is 0 Å². The van der Waals surface area contributed by atoms with E-state index in [1.165, 1.54) is 37.4 Å². The number of hydrogen-bond donors (Lipinski definition) is 0. The van der Waals surface area contributed by atoms with Crippen LogP contribution in [0.4, 0.5) is 0 Å². The van der Waals surface area contributed by atoms with Crippen molar-refractivity contribution in [2.24, 2.45) is 0 Å². The molecule has 2 rings (SSSR count). The van der Waals surface area contributed by atoms with Crippen molar-refractivity contribution in [2.75, 3.05) is 0 Å². The summed E-state index contributed by atoms with van der Waals surface area (Å²) in [6.07, 6.45) is 6.47. The van der Waals surface area contributed by atoms with Crippen LogP contribution >= 0.6 is 7.92 Å². The third-order valence-electron chi connectivity index (χ3n) is 3.31. The molecule has 1 fully saturated rings. The average Bonchev–Trinajstić information content (AvgIpc) is 2.31. The molecule has 1 saturated carbocycles. The van der Waals surface area contributed by atoms with Crippen molar-refractivity contribution >= 4 is 18.8 Å².